The van der Waals surface area contributed by atoms with E-state index in [2.05, 4.69) is 15.2 Å². The molecule has 0 spiro atoms. The zero-order chi connectivity index (χ0) is 18.2. The van der Waals surface area contributed by atoms with Crippen molar-refractivity contribution in [1.82, 2.24) is 15.1 Å². The average Bonchev–Trinajstić information content (AvgIpc) is 3.14. The summed E-state index contributed by atoms with van der Waals surface area (Å²) in [6.45, 7) is 3.03. The van der Waals surface area contributed by atoms with Crippen molar-refractivity contribution in [3.8, 4) is 0 Å². The monoisotopic (exact) mass is 354 g/mol. The number of nitrogens with zero attached hydrogens (tertiary/aromatic N) is 3. The van der Waals surface area contributed by atoms with Crippen LogP contribution < -0.4 is 5.32 Å². The van der Waals surface area contributed by atoms with E-state index in [4.69, 9.17) is 9.47 Å². The zero-order valence-corrected chi connectivity index (χ0v) is 15.5. The van der Waals surface area contributed by atoms with Gasteiger partial charge in [-0.3, -0.25) is 9.59 Å². The molecule has 8 heteroatoms. The Bertz CT molecular complexity index is 481. The molecule has 8 nitrogen and oxygen atoms in total. The first-order valence-electron chi connectivity index (χ1n) is 8.94. The molecule has 1 N–H and O–H groups in total. The predicted molar refractivity (Wildman–Crippen MR) is 94.3 cm³/mol. The van der Waals surface area contributed by atoms with Crippen molar-refractivity contribution in [1.29, 1.82) is 0 Å². The number of carbonyl (C=O) groups is 2. The zero-order valence-electron chi connectivity index (χ0n) is 15.5. The highest BCUT2D eigenvalue weighted by atomic mass is 16.5. The van der Waals surface area contributed by atoms with E-state index in [1.165, 1.54) is 12.0 Å². The Morgan fingerprint density at radius 3 is 2.56 bits per heavy atom. The second kappa shape index (κ2) is 9.60. The van der Waals surface area contributed by atoms with E-state index in [1.54, 1.807) is 14.1 Å². The number of piperidine rings is 1. The van der Waals surface area contributed by atoms with Gasteiger partial charge in [-0.15, -0.1) is 0 Å². The van der Waals surface area contributed by atoms with E-state index >= 15 is 0 Å². The second-order valence-electron chi connectivity index (χ2n) is 6.73. The highest BCUT2D eigenvalue weighted by Crippen LogP contribution is 2.18. The van der Waals surface area contributed by atoms with Crippen molar-refractivity contribution >= 4 is 17.8 Å². The molecule has 2 aliphatic heterocycles. The van der Waals surface area contributed by atoms with Crippen molar-refractivity contribution in [3.63, 3.8) is 0 Å². The van der Waals surface area contributed by atoms with Crippen LogP contribution in [0.25, 0.3) is 0 Å². The van der Waals surface area contributed by atoms with Gasteiger partial charge in [0.25, 0.3) is 0 Å². The van der Waals surface area contributed by atoms with Crippen LogP contribution in [0.15, 0.2) is 4.99 Å². The minimum Gasteiger partial charge on any atom is -0.469 e. The van der Waals surface area contributed by atoms with Gasteiger partial charge in [0.1, 0.15) is 6.54 Å². The molecule has 0 aromatic carbocycles. The topological polar surface area (TPSA) is 83.5 Å². The highest BCUT2D eigenvalue weighted by molar-refractivity contribution is 5.85. The Morgan fingerprint density at radius 2 is 2.00 bits per heavy atom. The van der Waals surface area contributed by atoms with Gasteiger partial charge >= 0.3 is 5.97 Å². The normalized spacial score (nSPS) is 22.0. The molecule has 2 fully saturated rings. The molecule has 2 heterocycles. The summed E-state index contributed by atoms with van der Waals surface area (Å²) in [5.74, 6) is 0.479. The Hall–Kier alpha value is -1.83. The van der Waals surface area contributed by atoms with Crippen LogP contribution >= 0.6 is 0 Å². The second-order valence-corrected chi connectivity index (χ2v) is 6.73. The number of nitrogens with one attached hydrogen (secondary N) is 1. The van der Waals surface area contributed by atoms with E-state index in [0.717, 1.165) is 32.3 Å². The van der Waals surface area contributed by atoms with Crippen LogP contribution in [0.3, 0.4) is 0 Å². The summed E-state index contributed by atoms with van der Waals surface area (Å²) >= 11 is 0. The summed E-state index contributed by atoms with van der Waals surface area (Å²) in [4.78, 5) is 31.7. The fourth-order valence-corrected chi connectivity index (χ4v) is 3.06. The Morgan fingerprint density at radius 1 is 1.28 bits per heavy atom. The van der Waals surface area contributed by atoms with Gasteiger partial charge in [0.15, 0.2) is 5.96 Å². The quantitative estimate of drug-likeness (QED) is 0.428. The van der Waals surface area contributed by atoms with Gasteiger partial charge in [0, 0.05) is 40.3 Å². The third-order valence-corrected chi connectivity index (χ3v) is 4.70. The Balaban J connectivity index is 1.94. The number of ether oxygens (including phenoxy) is 2. The van der Waals surface area contributed by atoms with Crippen molar-refractivity contribution in [2.45, 2.75) is 31.8 Å². The number of carbonyl (C=O) groups excluding carboxylic acids is 2. The molecular weight excluding hydrogens is 324 g/mol. The first-order chi connectivity index (χ1) is 12.0. The van der Waals surface area contributed by atoms with Gasteiger partial charge in [-0.25, -0.2) is 4.99 Å². The Labute approximate surface area is 149 Å². The summed E-state index contributed by atoms with van der Waals surface area (Å²) in [5.41, 5.74) is 0. The predicted octanol–water partition coefficient (Wildman–Crippen LogP) is 0.0842. The maximum atomic E-state index is 11.9. The van der Waals surface area contributed by atoms with Crippen LogP contribution in [-0.2, 0) is 19.1 Å². The van der Waals surface area contributed by atoms with E-state index in [-0.39, 0.29) is 30.4 Å². The molecule has 0 radical (unpaired) electrons. The molecule has 0 saturated carbocycles. The molecule has 142 valence electrons. The summed E-state index contributed by atoms with van der Waals surface area (Å²) < 4.78 is 10.5. The van der Waals surface area contributed by atoms with E-state index in [1.807, 2.05) is 0 Å². The number of amides is 1. The van der Waals surface area contributed by atoms with Gasteiger partial charge in [-0.1, -0.05) is 0 Å². The van der Waals surface area contributed by atoms with Crippen LogP contribution in [0.1, 0.15) is 25.7 Å². The molecule has 0 bridgehead atoms. The van der Waals surface area contributed by atoms with Crippen LogP contribution in [-0.4, -0.2) is 87.7 Å². The van der Waals surface area contributed by atoms with Crippen LogP contribution in [0.4, 0.5) is 0 Å². The minimum atomic E-state index is -0.145. The summed E-state index contributed by atoms with van der Waals surface area (Å²) in [6, 6.07) is 0. The summed E-state index contributed by atoms with van der Waals surface area (Å²) in [7, 11) is 4.87. The molecule has 2 saturated heterocycles. The number of methoxy groups -OCH3 is 1. The smallest absolute Gasteiger partial charge is 0.308 e. The lowest BCUT2D eigenvalue weighted by molar-refractivity contribution is -0.146. The summed E-state index contributed by atoms with van der Waals surface area (Å²) in [6.07, 6.45) is 3.79. The fourth-order valence-electron chi connectivity index (χ4n) is 3.06. The molecule has 1 amide bonds. The first-order valence-corrected chi connectivity index (χ1v) is 8.94. The van der Waals surface area contributed by atoms with Crippen molar-refractivity contribution in [2.24, 2.45) is 10.9 Å². The molecule has 2 aliphatic rings. The van der Waals surface area contributed by atoms with E-state index in [9.17, 15) is 9.59 Å². The number of rotatable bonds is 5. The number of esters is 1. The van der Waals surface area contributed by atoms with Crippen molar-refractivity contribution in [2.75, 3.05) is 54.0 Å². The highest BCUT2D eigenvalue weighted by Gasteiger charge is 2.27. The van der Waals surface area contributed by atoms with Crippen LogP contribution in [0, 0.1) is 5.92 Å². The van der Waals surface area contributed by atoms with Gasteiger partial charge in [-0.05, 0) is 25.7 Å². The maximum Gasteiger partial charge on any atom is 0.308 e. The fraction of sp³-hybridized carbons (Fsp3) is 0.824. The molecule has 0 aromatic heterocycles. The number of aliphatic imine (C=N–C) groups is 1. The third-order valence-electron chi connectivity index (χ3n) is 4.70. The summed E-state index contributed by atoms with van der Waals surface area (Å²) in [5, 5.41) is 3.35. The van der Waals surface area contributed by atoms with Crippen LogP contribution in [0.2, 0.25) is 0 Å². The molecule has 2 rings (SSSR count). The number of likely N-dealkylation sites (tertiary alicyclic amines) is 1. The molecule has 1 unspecified atom stereocenters. The number of hydrogen-bond acceptors (Lipinski definition) is 5. The lowest BCUT2D eigenvalue weighted by atomic mass is 9.97. The van der Waals surface area contributed by atoms with E-state index < -0.39 is 0 Å². The lowest BCUT2D eigenvalue weighted by Gasteiger charge is -2.33. The number of hydrogen-bond donors (Lipinski definition) is 1. The standard InChI is InChI=1S/C17H30N4O4/c1-20(2)15(22)12-19-17(18-11-14-5-4-10-25-14)21-8-6-13(7-9-21)16(23)24-3/h13-14H,4-12H2,1-3H3,(H,18,19). The molecule has 0 aliphatic carbocycles. The Kier molecular flexibility index (Phi) is 7.49. The van der Waals surface area contributed by atoms with Crippen molar-refractivity contribution in [3.05, 3.63) is 0 Å². The SMILES string of the molecule is COC(=O)C1CCN(C(=NCC(=O)N(C)C)NCC2CCCO2)CC1. The molecule has 1 atom stereocenters. The molecule has 0 aromatic rings. The van der Waals surface area contributed by atoms with Crippen molar-refractivity contribution < 1.29 is 19.1 Å². The van der Waals surface area contributed by atoms with Gasteiger partial charge in [-0.2, -0.15) is 0 Å². The minimum absolute atomic E-state index is 0.0409. The molecule has 25 heavy (non-hydrogen) atoms. The average molecular weight is 354 g/mol. The van der Waals surface area contributed by atoms with Gasteiger partial charge in [0.2, 0.25) is 5.91 Å². The number of guanidine groups is 1. The maximum absolute atomic E-state index is 11.9. The first kappa shape index (κ1) is 19.5. The van der Waals surface area contributed by atoms with Crippen LogP contribution in [0.5, 0.6) is 0 Å². The van der Waals surface area contributed by atoms with Gasteiger partial charge in [0.05, 0.1) is 19.1 Å². The van der Waals surface area contributed by atoms with E-state index in [0.29, 0.717) is 25.6 Å². The number of likely N-dealkylation sites (N-methyl/N-ethyl adjacent to an activating group) is 1. The third kappa shape index (κ3) is 5.88. The van der Waals surface area contributed by atoms with Gasteiger partial charge < -0.3 is 24.6 Å². The largest absolute Gasteiger partial charge is 0.469 e. The molecular formula is C17H30N4O4. The lowest BCUT2D eigenvalue weighted by Crippen LogP contribution is -2.48.